The lowest BCUT2D eigenvalue weighted by atomic mass is 10.2. The van der Waals surface area contributed by atoms with Crippen LogP contribution in [0, 0.1) is 17.1 Å². The van der Waals surface area contributed by atoms with Gasteiger partial charge in [-0.25, -0.2) is 14.2 Å². The number of carbonyl (C=O) groups is 1. The summed E-state index contributed by atoms with van der Waals surface area (Å²) >= 11 is 1.11. The molecule has 0 bridgehead atoms. The molecule has 0 aliphatic carbocycles. The number of pyridine rings is 1. The van der Waals surface area contributed by atoms with Crippen LogP contribution < -0.4 is 0 Å². The van der Waals surface area contributed by atoms with Gasteiger partial charge in [0.25, 0.3) is 0 Å². The van der Waals surface area contributed by atoms with Crippen LogP contribution in [0.1, 0.15) is 15.9 Å². The van der Waals surface area contributed by atoms with Crippen molar-refractivity contribution in [1.29, 1.82) is 5.26 Å². The van der Waals surface area contributed by atoms with Crippen molar-refractivity contribution in [3.8, 4) is 6.07 Å². The monoisotopic (exact) mass is 274 g/mol. The Kier molecular flexibility index (Phi) is 3.78. The summed E-state index contributed by atoms with van der Waals surface area (Å²) in [5, 5.41) is 18.1. The maximum absolute atomic E-state index is 13.4. The normalized spacial score (nSPS) is 9.89. The number of aromatic nitrogens is 1. The van der Waals surface area contributed by atoms with Crippen LogP contribution in [0.25, 0.3) is 0 Å². The van der Waals surface area contributed by atoms with E-state index in [1.54, 1.807) is 12.1 Å². The summed E-state index contributed by atoms with van der Waals surface area (Å²) in [7, 11) is 0. The smallest absolute Gasteiger partial charge is 0.337 e. The second kappa shape index (κ2) is 5.50. The van der Waals surface area contributed by atoms with Gasteiger partial charge in [0.05, 0.1) is 5.56 Å². The van der Waals surface area contributed by atoms with Crippen LogP contribution in [0.2, 0.25) is 0 Å². The average Bonchev–Trinajstić information content (AvgIpc) is 2.39. The largest absolute Gasteiger partial charge is 0.478 e. The molecule has 2 rings (SSSR count). The Balaban J connectivity index is 2.29. The van der Waals surface area contributed by atoms with Crippen LogP contribution in [-0.4, -0.2) is 16.1 Å². The van der Waals surface area contributed by atoms with E-state index in [0.29, 0.717) is 9.92 Å². The maximum atomic E-state index is 13.4. The third-order valence-electron chi connectivity index (χ3n) is 2.29. The molecule has 0 unspecified atom stereocenters. The van der Waals surface area contributed by atoms with E-state index in [1.165, 1.54) is 30.5 Å². The van der Waals surface area contributed by atoms with E-state index in [0.717, 1.165) is 11.8 Å². The van der Waals surface area contributed by atoms with Gasteiger partial charge >= 0.3 is 5.97 Å². The summed E-state index contributed by atoms with van der Waals surface area (Å²) in [6, 6.07) is 9.04. The first kappa shape index (κ1) is 13.1. The fourth-order valence-corrected chi connectivity index (χ4v) is 2.24. The number of halogens is 1. The van der Waals surface area contributed by atoms with E-state index in [9.17, 15) is 9.18 Å². The Morgan fingerprint density at radius 2 is 2.16 bits per heavy atom. The van der Waals surface area contributed by atoms with Gasteiger partial charge in [-0.05, 0) is 24.3 Å². The van der Waals surface area contributed by atoms with Crippen LogP contribution in [0.4, 0.5) is 4.39 Å². The van der Waals surface area contributed by atoms with Crippen LogP contribution in [0.15, 0.2) is 46.5 Å². The Morgan fingerprint density at radius 1 is 1.37 bits per heavy atom. The van der Waals surface area contributed by atoms with Crippen LogP contribution in [0.5, 0.6) is 0 Å². The fourth-order valence-electron chi connectivity index (χ4n) is 1.38. The first-order valence-electron chi connectivity index (χ1n) is 5.17. The van der Waals surface area contributed by atoms with Crippen molar-refractivity contribution in [1.82, 2.24) is 4.98 Å². The molecule has 19 heavy (non-hydrogen) atoms. The third kappa shape index (κ3) is 2.89. The minimum absolute atomic E-state index is 0.0448. The summed E-state index contributed by atoms with van der Waals surface area (Å²) in [5.41, 5.74) is 0.0284. The molecule has 0 aliphatic rings. The second-order valence-electron chi connectivity index (χ2n) is 3.52. The van der Waals surface area contributed by atoms with Crippen LogP contribution in [-0.2, 0) is 0 Å². The molecule has 0 radical (unpaired) electrons. The highest BCUT2D eigenvalue weighted by Gasteiger charge is 2.10. The molecular formula is C13H7FN2O2S. The lowest BCUT2D eigenvalue weighted by molar-refractivity contribution is 0.0696. The predicted octanol–water partition coefficient (Wildman–Crippen LogP) is 2.94. The number of rotatable bonds is 3. The quantitative estimate of drug-likeness (QED) is 0.931. The Bertz CT molecular complexity index is 665. The minimum Gasteiger partial charge on any atom is -0.478 e. The molecular weight excluding hydrogens is 267 g/mol. The number of carboxylic acids is 1. The number of hydrogen-bond donors (Lipinski definition) is 1. The molecule has 0 atom stereocenters. The lowest BCUT2D eigenvalue weighted by Crippen LogP contribution is -1.96. The van der Waals surface area contributed by atoms with Gasteiger partial charge in [-0.15, -0.1) is 0 Å². The zero-order chi connectivity index (χ0) is 13.8. The summed E-state index contributed by atoms with van der Waals surface area (Å²) in [4.78, 5) is 15.1. The topological polar surface area (TPSA) is 74.0 Å². The van der Waals surface area contributed by atoms with E-state index in [2.05, 4.69) is 4.98 Å². The van der Waals surface area contributed by atoms with E-state index >= 15 is 0 Å². The number of hydrogen-bond acceptors (Lipinski definition) is 4. The van der Waals surface area contributed by atoms with Gasteiger partial charge in [0.1, 0.15) is 22.5 Å². The number of benzene rings is 1. The molecule has 0 aliphatic heterocycles. The molecule has 4 nitrogen and oxygen atoms in total. The highest BCUT2D eigenvalue weighted by Crippen LogP contribution is 2.29. The molecule has 1 aromatic carbocycles. The van der Waals surface area contributed by atoms with Crippen molar-refractivity contribution < 1.29 is 14.3 Å². The van der Waals surface area contributed by atoms with Crippen molar-refractivity contribution in [2.75, 3.05) is 0 Å². The first-order valence-corrected chi connectivity index (χ1v) is 5.99. The maximum Gasteiger partial charge on any atom is 0.337 e. The van der Waals surface area contributed by atoms with Crippen LogP contribution >= 0.6 is 11.8 Å². The van der Waals surface area contributed by atoms with E-state index in [4.69, 9.17) is 10.4 Å². The molecule has 1 aromatic heterocycles. The molecule has 1 heterocycles. The number of nitrogens with zero attached hydrogens (tertiary/aromatic N) is 2. The Hall–Kier alpha value is -2.39. The summed E-state index contributed by atoms with van der Waals surface area (Å²) in [5.74, 6) is -1.65. The van der Waals surface area contributed by atoms with Gasteiger partial charge in [0, 0.05) is 11.1 Å². The van der Waals surface area contributed by atoms with Gasteiger partial charge < -0.3 is 5.11 Å². The predicted molar refractivity (Wildman–Crippen MR) is 66.4 cm³/mol. The summed E-state index contributed by atoms with van der Waals surface area (Å²) in [6.45, 7) is 0. The van der Waals surface area contributed by atoms with Crippen molar-refractivity contribution in [2.24, 2.45) is 0 Å². The molecule has 6 heteroatoms. The van der Waals surface area contributed by atoms with E-state index in [1.807, 2.05) is 0 Å². The van der Waals surface area contributed by atoms with Crippen molar-refractivity contribution >= 4 is 17.7 Å². The van der Waals surface area contributed by atoms with Gasteiger partial charge in [0.2, 0.25) is 0 Å². The third-order valence-corrected chi connectivity index (χ3v) is 3.30. The highest BCUT2D eigenvalue weighted by molar-refractivity contribution is 7.99. The van der Waals surface area contributed by atoms with E-state index in [-0.39, 0.29) is 11.1 Å². The Morgan fingerprint density at radius 3 is 2.74 bits per heavy atom. The zero-order valence-electron chi connectivity index (χ0n) is 9.50. The molecule has 2 aromatic rings. The molecule has 0 spiro atoms. The van der Waals surface area contributed by atoms with Gasteiger partial charge in [-0.1, -0.05) is 17.8 Å². The zero-order valence-corrected chi connectivity index (χ0v) is 10.3. The van der Waals surface area contributed by atoms with E-state index < -0.39 is 11.8 Å². The van der Waals surface area contributed by atoms with Crippen molar-refractivity contribution in [2.45, 2.75) is 9.92 Å². The average molecular weight is 274 g/mol. The molecule has 0 amide bonds. The summed E-state index contributed by atoms with van der Waals surface area (Å²) < 4.78 is 13.4. The SMILES string of the molecule is N#Cc1c(F)cccc1Sc1ccc(C(=O)O)cn1. The van der Waals surface area contributed by atoms with Crippen molar-refractivity contribution in [3.63, 3.8) is 0 Å². The molecule has 94 valence electrons. The van der Waals surface area contributed by atoms with Gasteiger partial charge in [0.15, 0.2) is 0 Å². The van der Waals surface area contributed by atoms with Gasteiger partial charge in [-0.2, -0.15) is 5.26 Å². The second-order valence-corrected chi connectivity index (χ2v) is 4.58. The lowest BCUT2D eigenvalue weighted by Gasteiger charge is -2.04. The summed E-state index contributed by atoms with van der Waals surface area (Å²) in [6.07, 6.45) is 1.22. The van der Waals surface area contributed by atoms with Crippen molar-refractivity contribution in [3.05, 3.63) is 53.5 Å². The standard InChI is InChI=1S/C13H7FN2O2S/c14-10-2-1-3-11(9(10)6-15)19-12-5-4-8(7-16-12)13(17)18/h1-5,7H,(H,17,18). The molecule has 0 saturated carbocycles. The first-order chi connectivity index (χ1) is 9.11. The Labute approximate surface area is 112 Å². The number of nitriles is 1. The fraction of sp³-hybridized carbons (Fsp3) is 0. The molecule has 0 fully saturated rings. The van der Waals surface area contributed by atoms with Gasteiger partial charge in [-0.3, -0.25) is 0 Å². The number of aromatic carboxylic acids is 1. The van der Waals surface area contributed by atoms with Crippen LogP contribution in [0.3, 0.4) is 0 Å². The minimum atomic E-state index is -1.06. The number of carboxylic acid groups (broad SMARTS) is 1. The molecule has 0 saturated heterocycles. The highest BCUT2D eigenvalue weighted by atomic mass is 32.2. The molecule has 1 N–H and O–H groups in total.